The van der Waals surface area contributed by atoms with E-state index in [1.807, 2.05) is 24.3 Å². The third-order valence-corrected chi connectivity index (χ3v) is 4.54. The summed E-state index contributed by atoms with van der Waals surface area (Å²) >= 11 is 0. The van der Waals surface area contributed by atoms with Gasteiger partial charge in [0.25, 0.3) is 5.91 Å². The number of hydrogen-bond acceptors (Lipinski definition) is 5. The number of carbonyl (C=O) groups excluding carboxylic acids is 1. The van der Waals surface area contributed by atoms with E-state index in [0.717, 1.165) is 26.2 Å². The van der Waals surface area contributed by atoms with Crippen molar-refractivity contribution in [3.63, 3.8) is 0 Å². The monoisotopic (exact) mass is 319 g/mol. The van der Waals surface area contributed by atoms with E-state index < -0.39 is 6.10 Å². The molecule has 2 unspecified atom stereocenters. The van der Waals surface area contributed by atoms with Crippen LogP contribution in [0.3, 0.4) is 0 Å². The zero-order valence-corrected chi connectivity index (χ0v) is 13.0. The Bertz CT molecular complexity index is 566. The Morgan fingerprint density at radius 2 is 2.04 bits per heavy atom. The van der Waals surface area contributed by atoms with Gasteiger partial charge in [-0.25, -0.2) is 0 Å². The van der Waals surface area contributed by atoms with Crippen molar-refractivity contribution in [2.24, 2.45) is 5.92 Å². The molecule has 4 rings (SSSR count). The molecule has 0 bridgehead atoms. The van der Waals surface area contributed by atoms with Crippen LogP contribution in [-0.2, 0) is 14.3 Å². The molecular weight excluding hydrogens is 298 g/mol. The molecule has 3 heterocycles. The maximum atomic E-state index is 12.4. The van der Waals surface area contributed by atoms with Crippen LogP contribution in [0.2, 0.25) is 0 Å². The van der Waals surface area contributed by atoms with Crippen molar-refractivity contribution >= 4 is 5.91 Å². The summed E-state index contributed by atoms with van der Waals surface area (Å²) in [6.45, 7) is 3.88. The molecule has 2 fully saturated rings. The number of carbonyl (C=O) groups is 1. The van der Waals surface area contributed by atoms with E-state index in [-0.39, 0.29) is 18.6 Å². The summed E-state index contributed by atoms with van der Waals surface area (Å²) < 4.78 is 22.5. The Morgan fingerprint density at radius 3 is 2.83 bits per heavy atom. The average molecular weight is 319 g/mol. The zero-order chi connectivity index (χ0) is 15.6. The number of likely N-dealkylation sites (tertiary alicyclic amines) is 1. The Morgan fingerprint density at radius 1 is 1.22 bits per heavy atom. The van der Waals surface area contributed by atoms with Crippen LogP contribution in [0.4, 0.5) is 0 Å². The lowest BCUT2D eigenvalue weighted by atomic mass is 10.1. The molecule has 0 aliphatic carbocycles. The van der Waals surface area contributed by atoms with Gasteiger partial charge < -0.3 is 23.8 Å². The smallest absolute Gasteiger partial charge is 0.267 e. The summed E-state index contributed by atoms with van der Waals surface area (Å²) in [5.74, 6) is 1.81. The van der Waals surface area contributed by atoms with Crippen molar-refractivity contribution in [3.8, 4) is 11.5 Å². The number of amides is 1. The number of para-hydroxylation sites is 2. The lowest BCUT2D eigenvalue weighted by Gasteiger charge is -2.41. The number of nitrogens with zero attached hydrogens (tertiary/aromatic N) is 1. The first-order chi connectivity index (χ1) is 11.3. The first-order valence-corrected chi connectivity index (χ1v) is 8.16. The number of ether oxygens (including phenoxy) is 4. The van der Waals surface area contributed by atoms with Crippen molar-refractivity contribution in [2.45, 2.75) is 18.6 Å². The minimum absolute atomic E-state index is 0.0245. The quantitative estimate of drug-likeness (QED) is 0.831. The molecule has 0 spiro atoms. The highest BCUT2D eigenvalue weighted by Crippen LogP contribution is 2.31. The molecule has 1 aromatic rings. The van der Waals surface area contributed by atoms with Crippen LogP contribution < -0.4 is 9.47 Å². The minimum Gasteiger partial charge on any atom is -0.485 e. The summed E-state index contributed by atoms with van der Waals surface area (Å²) in [7, 11) is 0. The van der Waals surface area contributed by atoms with Gasteiger partial charge in [-0.1, -0.05) is 12.1 Å². The third kappa shape index (κ3) is 3.14. The summed E-state index contributed by atoms with van der Waals surface area (Å²) in [5.41, 5.74) is 0. The molecular formula is C17H21NO5. The molecule has 23 heavy (non-hydrogen) atoms. The Labute approximate surface area is 135 Å². The van der Waals surface area contributed by atoms with E-state index in [2.05, 4.69) is 0 Å². The van der Waals surface area contributed by atoms with Crippen LogP contribution in [0.1, 0.15) is 6.42 Å². The van der Waals surface area contributed by atoms with Gasteiger partial charge in [0.05, 0.1) is 19.3 Å². The molecule has 1 amide bonds. The predicted octanol–water partition coefficient (Wildman–Crippen LogP) is 1.09. The fourth-order valence-corrected chi connectivity index (χ4v) is 3.06. The van der Waals surface area contributed by atoms with Crippen LogP contribution >= 0.6 is 0 Å². The number of hydrogen-bond donors (Lipinski definition) is 0. The minimum atomic E-state index is -0.561. The highest BCUT2D eigenvalue weighted by Gasteiger charge is 2.38. The van der Waals surface area contributed by atoms with E-state index in [1.54, 1.807) is 4.90 Å². The number of rotatable bonds is 4. The van der Waals surface area contributed by atoms with Crippen LogP contribution in [0.5, 0.6) is 11.5 Å². The fraction of sp³-hybridized carbons (Fsp3) is 0.588. The molecule has 2 atom stereocenters. The van der Waals surface area contributed by atoms with Crippen LogP contribution in [0, 0.1) is 5.92 Å². The fourth-order valence-electron chi connectivity index (χ4n) is 3.06. The second-order valence-corrected chi connectivity index (χ2v) is 6.29. The van der Waals surface area contributed by atoms with E-state index in [1.165, 1.54) is 0 Å². The van der Waals surface area contributed by atoms with Gasteiger partial charge in [0, 0.05) is 25.6 Å². The third-order valence-electron chi connectivity index (χ3n) is 4.54. The Balaban J connectivity index is 1.24. The van der Waals surface area contributed by atoms with Gasteiger partial charge in [-0.3, -0.25) is 4.79 Å². The van der Waals surface area contributed by atoms with E-state index in [4.69, 9.17) is 18.9 Å². The molecule has 0 aromatic heterocycles. The average Bonchev–Trinajstić information content (AvgIpc) is 3.06. The maximum Gasteiger partial charge on any atom is 0.267 e. The Hall–Kier alpha value is -1.79. The van der Waals surface area contributed by atoms with Crippen molar-refractivity contribution in [2.75, 3.05) is 39.5 Å². The van der Waals surface area contributed by atoms with Crippen molar-refractivity contribution in [1.82, 2.24) is 4.90 Å². The van der Waals surface area contributed by atoms with Gasteiger partial charge >= 0.3 is 0 Å². The number of benzene rings is 1. The van der Waals surface area contributed by atoms with E-state index in [0.29, 0.717) is 30.5 Å². The molecule has 1 aromatic carbocycles. The van der Waals surface area contributed by atoms with Gasteiger partial charge in [-0.2, -0.15) is 0 Å². The molecule has 0 saturated carbocycles. The number of fused-ring (bicyclic) bond motifs is 1. The van der Waals surface area contributed by atoms with Crippen molar-refractivity contribution in [1.29, 1.82) is 0 Å². The van der Waals surface area contributed by atoms with Gasteiger partial charge in [-0.15, -0.1) is 0 Å². The zero-order valence-electron chi connectivity index (χ0n) is 13.0. The molecule has 0 N–H and O–H groups in total. The second kappa shape index (κ2) is 6.37. The summed E-state index contributed by atoms with van der Waals surface area (Å²) in [6.07, 6.45) is 0.646. The first-order valence-electron chi connectivity index (χ1n) is 8.16. The van der Waals surface area contributed by atoms with Gasteiger partial charge in [0.15, 0.2) is 11.5 Å². The van der Waals surface area contributed by atoms with Crippen LogP contribution in [-0.4, -0.2) is 62.5 Å². The normalized spacial score (nSPS) is 26.9. The largest absolute Gasteiger partial charge is 0.485 e. The van der Waals surface area contributed by atoms with Crippen molar-refractivity contribution < 1.29 is 23.7 Å². The van der Waals surface area contributed by atoms with Gasteiger partial charge in [0.1, 0.15) is 6.61 Å². The van der Waals surface area contributed by atoms with Crippen LogP contribution in [0.15, 0.2) is 24.3 Å². The standard InChI is InChI=1S/C17H21NO5/c19-17(16-11-22-14-3-1-2-4-15(14)23-16)18-7-13(8-18)21-10-12-5-6-20-9-12/h1-4,12-13,16H,5-11H2. The topological polar surface area (TPSA) is 57.2 Å². The van der Waals surface area contributed by atoms with Crippen LogP contribution in [0.25, 0.3) is 0 Å². The Kier molecular flexibility index (Phi) is 4.10. The van der Waals surface area contributed by atoms with Crippen molar-refractivity contribution in [3.05, 3.63) is 24.3 Å². The van der Waals surface area contributed by atoms with Gasteiger partial charge in [0.2, 0.25) is 6.10 Å². The van der Waals surface area contributed by atoms with E-state index in [9.17, 15) is 4.79 Å². The molecule has 2 saturated heterocycles. The molecule has 6 nitrogen and oxygen atoms in total. The maximum absolute atomic E-state index is 12.4. The summed E-state index contributed by atoms with van der Waals surface area (Å²) in [6, 6.07) is 7.42. The first kappa shape index (κ1) is 14.8. The molecule has 3 aliphatic heterocycles. The predicted molar refractivity (Wildman–Crippen MR) is 81.6 cm³/mol. The highest BCUT2D eigenvalue weighted by molar-refractivity contribution is 5.82. The molecule has 6 heteroatoms. The molecule has 0 radical (unpaired) electrons. The van der Waals surface area contributed by atoms with E-state index >= 15 is 0 Å². The second-order valence-electron chi connectivity index (χ2n) is 6.29. The SMILES string of the molecule is O=C(C1COc2ccccc2O1)N1CC(OCC2CCOC2)C1. The lowest BCUT2D eigenvalue weighted by Crippen LogP contribution is -2.59. The highest BCUT2D eigenvalue weighted by atomic mass is 16.6. The van der Waals surface area contributed by atoms with Gasteiger partial charge in [-0.05, 0) is 18.6 Å². The summed E-state index contributed by atoms with van der Waals surface area (Å²) in [4.78, 5) is 14.2. The molecule has 3 aliphatic rings. The molecule has 124 valence electrons. The lowest BCUT2D eigenvalue weighted by molar-refractivity contribution is -0.155. The summed E-state index contributed by atoms with van der Waals surface area (Å²) in [5, 5.41) is 0.